The molecule has 2 aromatic rings. The normalized spacial score (nSPS) is 10.4. The average molecular weight is 356 g/mol. The summed E-state index contributed by atoms with van der Waals surface area (Å²) in [5.74, 6) is 0.414. The Balaban J connectivity index is 1.74. The number of benzene rings is 2. The van der Waals surface area contributed by atoms with Crippen LogP contribution in [0.2, 0.25) is 0 Å². The Labute approximate surface area is 151 Å². The fourth-order valence-corrected chi connectivity index (χ4v) is 2.14. The first-order valence-electron chi connectivity index (χ1n) is 7.90. The molecule has 26 heavy (non-hydrogen) atoms. The second kappa shape index (κ2) is 9.85. The molecule has 0 fully saturated rings. The summed E-state index contributed by atoms with van der Waals surface area (Å²) in [6.45, 7) is 0.605. The zero-order chi connectivity index (χ0) is 18.8. The van der Waals surface area contributed by atoms with Gasteiger partial charge in [0.05, 0.1) is 13.7 Å². The number of amides is 2. The average Bonchev–Trinajstić information content (AvgIpc) is 2.69. The monoisotopic (exact) mass is 356 g/mol. The predicted octanol–water partition coefficient (Wildman–Crippen LogP) is 2.02. The standard InChI is InChI=1S/C19H20N2O5/c1-25-17-5-3-2-4-14(17)8-11-18(22)20-12-13-26-16-9-6-15(7-10-16)19(23)21-24/h2-11,24H,12-13H2,1H3,(H,20,22)(H,21,23). The number of hydrogen-bond acceptors (Lipinski definition) is 5. The van der Waals surface area contributed by atoms with Crippen molar-refractivity contribution in [3.8, 4) is 11.5 Å². The third-order valence-electron chi connectivity index (χ3n) is 3.44. The number of rotatable bonds is 8. The van der Waals surface area contributed by atoms with Gasteiger partial charge in [-0.2, -0.15) is 0 Å². The van der Waals surface area contributed by atoms with Crippen molar-refractivity contribution >= 4 is 17.9 Å². The Morgan fingerprint density at radius 1 is 1.12 bits per heavy atom. The van der Waals surface area contributed by atoms with Crippen LogP contribution >= 0.6 is 0 Å². The van der Waals surface area contributed by atoms with E-state index in [0.29, 0.717) is 23.6 Å². The summed E-state index contributed by atoms with van der Waals surface area (Å²) in [5, 5.41) is 11.3. The van der Waals surface area contributed by atoms with Gasteiger partial charge in [-0.25, -0.2) is 5.48 Å². The lowest BCUT2D eigenvalue weighted by Crippen LogP contribution is -2.26. The fourth-order valence-electron chi connectivity index (χ4n) is 2.14. The van der Waals surface area contributed by atoms with Crippen LogP contribution in [-0.4, -0.2) is 37.3 Å². The van der Waals surface area contributed by atoms with Gasteiger partial charge in [-0.05, 0) is 36.4 Å². The lowest BCUT2D eigenvalue weighted by atomic mass is 10.2. The first-order valence-corrected chi connectivity index (χ1v) is 7.90. The molecule has 7 nitrogen and oxygen atoms in total. The van der Waals surface area contributed by atoms with Gasteiger partial charge >= 0.3 is 0 Å². The Bertz CT molecular complexity index is 772. The Morgan fingerprint density at radius 2 is 1.85 bits per heavy atom. The first-order chi connectivity index (χ1) is 12.6. The maximum Gasteiger partial charge on any atom is 0.274 e. The van der Waals surface area contributed by atoms with Crippen LogP contribution in [0.4, 0.5) is 0 Å². The number of carbonyl (C=O) groups is 2. The molecule has 7 heteroatoms. The molecule has 2 aromatic carbocycles. The Morgan fingerprint density at radius 3 is 2.54 bits per heavy atom. The molecule has 3 N–H and O–H groups in total. The van der Waals surface area contributed by atoms with Crippen LogP contribution in [0.5, 0.6) is 11.5 Å². The third kappa shape index (κ3) is 5.64. The van der Waals surface area contributed by atoms with Gasteiger partial charge in [-0.1, -0.05) is 18.2 Å². The van der Waals surface area contributed by atoms with Crippen molar-refractivity contribution in [2.24, 2.45) is 0 Å². The van der Waals surface area contributed by atoms with Crippen LogP contribution in [0.25, 0.3) is 6.08 Å². The molecule has 0 aromatic heterocycles. The van der Waals surface area contributed by atoms with Crippen LogP contribution < -0.4 is 20.3 Å². The molecule has 0 atom stereocenters. The van der Waals surface area contributed by atoms with E-state index in [4.69, 9.17) is 14.7 Å². The van der Waals surface area contributed by atoms with Gasteiger partial charge in [0.1, 0.15) is 18.1 Å². The van der Waals surface area contributed by atoms with Crippen LogP contribution in [0.3, 0.4) is 0 Å². The molecule has 0 aliphatic rings. The SMILES string of the molecule is COc1ccccc1C=CC(=O)NCCOc1ccc(C(=O)NO)cc1. The lowest BCUT2D eigenvalue weighted by molar-refractivity contribution is -0.116. The number of ether oxygens (including phenoxy) is 2. The van der Waals surface area contributed by atoms with E-state index in [-0.39, 0.29) is 12.5 Å². The number of hydroxylamine groups is 1. The predicted molar refractivity (Wildman–Crippen MR) is 96.2 cm³/mol. The van der Waals surface area contributed by atoms with E-state index in [0.717, 1.165) is 5.56 Å². The van der Waals surface area contributed by atoms with E-state index in [9.17, 15) is 9.59 Å². The summed E-state index contributed by atoms with van der Waals surface area (Å²) in [4.78, 5) is 23.0. The fraction of sp³-hybridized carbons (Fsp3) is 0.158. The lowest BCUT2D eigenvalue weighted by Gasteiger charge is -2.07. The molecule has 0 saturated heterocycles. The molecule has 0 radical (unpaired) electrons. The number of nitrogens with one attached hydrogen (secondary N) is 2. The molecule has 2 rings (SSSR count). The second-order valence-electron chi connectivity index (χ2n) is 5.18. The van der Waals surface area contributed by atoms with Gasteiger partial charge in [0.2, 0.25) is 5.91 Å². The van der Waals surface area contributed by atoms with Gasteiger partial charge in [0, 0.05) is 17.2 Å². The molecule has 0 unspecified atom stereocenters. The van der Waals surface area contributed by atoms with E-state index >= 15 is 0 Å². The van der Waals surface area contributed by atoms with Gasteiger partial charge in [0.25, 0.3) is 5.91 Å². The summed E-state index contributed by atoms with van der Waals surface area (Å²) < 4.78 is 10.7. The Hall–Kier alpha value is -3.32. The van der Waals surface area contributed by atoms with E-state index < -0.39 is 5.91 Å². The van der Waals surface area contributed by atoms with Crippen molar-refractivity contribution in [2.45, 2.75) is 0 Å². The molecule has 0 aliphatic carbocycles. The highest BCUT2D eigenvalue weighted by Gasteiger charge is 2.04. The van der Waals surface area contributed by atoms with Crippen LogP contribution in [0.1, 0.15) is 15.9 Å². The number of carbonyl (C=O) groups excluding carboxylic acids is 2. The number of para-hydroxylation sites is 1. The van der Waals surface area contributed by atoms with Crippen molar-refractivity contribution < 1.29 is 24.3 Å². The third-order valence-corrected chi connectivity index (χ3v) is 3.44. The van der Waals surface area contributed by atoms with Crippen LogP contribution in [0.15, 0.2) is 54.6 Å². The molecular weight excluding hydrogens is 336 g/mol. The highest BCUT2D eigenvalue weighted by Crippen LogP contribution is 2.18. The van der Waals surface area contributed by atoms with Gasteiger partial charge in [-0.3, -0.25) is 14.8 Å². The molecule has 0 saturated carbocycles. The van der Waals surface area contributed by atoms with E-state index in [2.05, 4.69) is 5.32 Å². The highest BCUT2D eigenvalue weighted by molar-refractivity contribution is 5.93. The summed E-state index contributed by atoms with van der Waals surface area (Å²) in [6, 6.07) is 13.7. The first kappa shape index (κ1) is 19.0. The van der Waals surface area contributed by atoms with Crippen molar-refractivity contribution in [1.82, 2.24) is 10.8 Å². The van der Waals surface area contributed by atoms with E-state index in [1.54, 1.807) is 30.8 Å². The molecule has 0 aliphatic heterocycles. The molecule has 136 valence electrons. The van der Waals surface area contributed by atoms with Gasteiger partial charge < -0.3 is 14.8 Å². The number of methoxy groups -OCH3 is 1. The van der Waals surface area contributed by atoms with Crippen molar-refractivity contribution in [3.05, 3.63) is 65.7 Å². The minimum absolute atomic E-state index is 0.241. The highest BCUT2D eigenvalue weighted by atomic mass is 16.5. The van der Waals surface area contributed by atoms with Crippen molar-refractivity contribution in [2.75, 3.05) is 20.3 Å². The molecule has 0 bridgehead atoms. The largest absolute Gasteiger partial charge is 0.496 e. The van der Waals surface area contributed by atoms with Crippen molar-refractivity contribution in [1.29, 1.82) is 0 Å². The smallest absolute Gasteiger partial charge is 0.274 e. The van der Waals surface area contributed by atoms with E-state index in [1.165, 1.54) is 18.2 Å². The second-order valence-corrected chi connectivity index (χ2v) is 5.18. The number of hydrogen-bond donors (Lipinski definition) is 3. The molecule has 0 spiro atoms. The Kier molecular flexibility index (Phi) is 7.20. The molecule has 0 heterocycles. The molecule has 2 amide bonds. The maximum absolute atomic E-state index is 11.8. The minimum atomic E-state index is -0.592. The topological polar surface area (TPSA) is 96.9 Å². The van der Waals surface area contributed by atoms with E-state index in [1.807, 2.05) is 24.3 Å². The molecular formula is C19H20N2O5. The van der Waals surface area contributed by atoms with Gasteiger partial charge in [0.15, 0.2) is 0 Å². The quantitative estimate of drug-likeness (QED) is 0.291. The van der Waals surface area contributed by atoms with Crippen LogP contribution in [0, 0.1) is 0 Å². The maximum atomic E-state index is 11.8. The minimum Gasteiger partial charge on any atom is -0.496 e. The van der Waals surface area contributed by atoms with Crippen LogP contribution in [-0.2, 0) is 4.79 Å². The summed E-state index contributed by atoms with van der Waals surface area (Å²) >= 11 is 0. The van der Waals surface area contributed by atoms with Gasteiger partial charge in [-0.15, -0.1) is 0 Å². The zero-order valence-electron chi connectivity index (χ0n) is 14.3. The zero-order valence-corrected chi connectivity index (χ0v) is 14.3. The summed E-state index contributed by atoms with van der Waals surface area (Å²) in [6.07, 6.45) is 3.11. The summed E-state index contributed by atoms with van der Waals surface area (Å²) in [7, 11) is 1.58. The van der Waals surface area contributed by atoms with Crippen molar-refractivity contribution in [3.63, 3.8) is 0 Å². The summed E-state index contributed by atoms with van der Waals surface area (Å²) in [5.41, 5.74) is 2.68.